The van der Waals surface area contributed by atoms with Crippen molar-refractivity contribution in [2.45, 2.75) is 57.7 Å². The first-order valence-corrected chi connectivity index (χ1v) is 6.30. The molecule has 0 heterocycles. The molecular weight excluding hydrogens is 216 g/mol. The van der Waals surface area contributed by atoms with Crippen molar-refractivity contribution in [2.24, 2.45) is 5.92 Å². The highest BCUT2D eigenvalue weighted by atomic mass is 16.6. The van der Waals surface area contributed by atoms with Gasteiger partial charge in [-0.05, 0) is 48.2 Å². The number of rotatable bonds is 6. The fourth-order valence-corrected chi connectivity index (χ4v) is 2.31. The van der Waals surface area contributed by atoms with E-state index in [-0.39, 0.29) is 17.4 Å². The summed E-state index contributed by atoms with van der Waals surface area (Å²) in [4.78, 5) is 11.9. The van der Waals surface area contributed by atoms with Gasteiger partial charge in [-0.25, -0.2) is 0 Å². The van der Waals surface area contributed by atoms with Gasteiger partial charge in [-0.3, -0.25) is 4.79 Å². The maximum absolute atomic E-state index is 11.9. The predicted octanol–water partition coefficient (Wildman–Crippen LogP) is 1.30. The van der Waals surface area contributed by atoms with Crippen LogP contribution >= 0.6 is 0 Å². The zero-order valence-corrected chi connectivity index (χ0v) is 11.9. The second kappa shape index (κ2) is 4.94. The van der Waals surface area contributed by atoms with E-state index in [9.17, 15) is 4.79 Å². The molecule has 100 valence electrons. The van der Waals surface area contributed by atoms with E-state index in [1.54, 1.807) is 0 Å². The maximum Gasteiger partial charge on any atom is 0.311 e. The van der Waals surface area contributed by atoms with Crippen molar-refractivity contribution in [3.8, 4) is 0 Å². The summed E-state index contributed by atoms with van der Waals surface area (Å²) in [5.74, 6) is -0.0155. The average molecular weight is 242 g/mol. The third-order valence-corrected chi connectivity index (χ3v) is 3.39. The molecule has 2 atom stereocenters. The van der Waals surface area contributed by atoms with Gasteiger partial charge in [-0.1, -0.05) is 0 Å². The topological polar surface area (TPSA) is 50.4 Å². The highest BCUT2D eigenvalue weighted by molar-refractivity contribution is 5.77. The second-order valence-corrected chi connectivity index (χ2v) is 6.23. The molecular formula is C13H26N2O2. The second-order valence-electron chi connectivity index (χ2n) is 6.23. The molecule has 0 radical (unpaired) electrons. The van der Waals surface area contributed by atoms with Gasteiger partial charge >= 0.3 is 5.97 Å². The minimum Gasteiger partial charge on any atom is -0.459 e. The van der Waals surface area contributed by atoms with E-state index < -0.39 is 5.60 Å². The van der Waals surface area contributed by atoms with Crippen molar-refractivity contribution in [1.29, 1.82) is 0 Å². The van der Waals surface area contributed by atoms with Crippen LogP contribution < -0.4 is 10.6 Å². The lowest BCUT2D eigenvalue weighted by Gasteiger charge is -2.34. The summed E-state index contributed by atoms with van der Waals surface area (Å²) >= 11 is 0. The first-order chi connectivity index (χ1) is 7.71. The van der Waals surface area contributed by atoms with E-state index in [4.69, 9.17) is 4.74 Å². The molecule has 1 aliphatic carbocycles. The first-order valence-electron chi connectivity index (χ1n) is 6.30. The summed E-state index contributed by atoms with van der Waals surface area (Å²) < 4.78 is 5.61. The molecule has 1 rings (SSSR count). The molecule has 1 aliphatic rings. The Morgan fingerprint density at radius 3 is 2.29 bits per heavy atom. The van der Waals surface area contributed by atoms with Gasteiger partial charge in [0.25, 0.3) is 0 Å². The Labute approximate surface area is 104 Å². The van der Waals surface area contributed by atoms with Crippen LogP contribution in [-0.2, 0) is 9.53 Å². The SMILES string of the molecule is CNC1CC1C(=O)OC(C)(C)CC(C)(C)NC. The molecule has 4 heteroatoms. The Balaban J connectivity index is 2.46. The van der Waals surface area contributed by atoms with Crippen molar-refractivity contribution >= 4 is 5.97 Å². The molecule has 0 aliphatic heterocycles. The van der Waals surface area contributed by atoms with Crippen LogP contribution in [0.25, 0.3) is 0 Å². The smallest absolute Gasteiger partial charge is 0.311 e. The summed E-state index contributed by atoms with van der Waals surface area (Å²) in [5, 5.41) is 6.33. The summed E-state index contributed by atoms with van der Waals surface area (Å²) in [5.41, 5.74) is -0.458. The Morgan fingerprint density at radius 2 is 1.88 bits per heavy atom. The fourth-order valence-electron chi connectivity index (χ4n) is 2.31. The Bertz CT molecular complexity index is 287. The number of carbonyl (C=O) groups excluding carboxylic acids is 1. The molecule has 0 aromatic rings. The third-order valence-electron chi connectivity index (χ3n) is 3.39. The van der Waals surface area contributed by atoms with Crippen molar-refractivity contribution in [3.05, 3.63) is 0 Å². The summed E-state index contributed by atoms with van der Waals surface area (Å²) in [7, 11) is 3.81. The van der Waals surface area contributed by atoms with Crippen LogP contribution in [-0.4, -0.2) is 37.2 Å². The molecule has 1 saturated carbocycles. The largest absolute Gasteiger partial charge is 0.459 e. The van der Waals surface area contributed by atoms with Gasteiger partial charge in [0.1, 0.15) is 5.60 Å². The lowest BCUT2D eigenvalue weighted by molar-refractivity contribution is -0.160. The number of hydrogen-bond donors (Lipinski definition) is 2. The van der Waals surface area contributed by atoms with Crippen molar-refractivity contribution in [3.63, 3.8) is 0 Å². The molecule has 0 aromatic heterocycles. The molecule has 17 heavy (non-hydrogen) atoms. The van der Waals surface area contributed by atoms with Crippen LogP contribution in [0, 0.1) is 5.92 Å². The van der Waals surface area contributed by atoms with Gasteiger partial charge in [0.2, 0.25) is 0 Å². The van der Waals surface area contributed by atoms with Gasteiger partial charge < -0.3 is 15.4 Å². The molecule has 2 N–H and O–H groups in total. The summed E-state index contributed by atoms with van der Waals surface area (Å²) in [6.45, 7) is 8.16. The Kier molecular flexibility index (Phi) is 4.20. The number of nitrogens with one attached hydrogen (secondary N) is 2. The standard InChI is InChI=1S/C13H26N2O2/c1-12(2,15-6)8-13(3,4)17-11(16)9-7-10(9)14-5/h9-10,14-15H,7-8H2,1-6H3. The molecule has 0 bridgehead atoms. The van der Waals surface area contributed by atoms with E-state index in [1.165, 1.54) is 0 Å². The monoisotopic (exact) mass is 242 g/mol. The summed E-state index contributed by atoms with van der Waals surface area (Å²) in [6, 6.07) is 0.315. The van der Waals surface area contributed by atoms with Crippen LogP contribution in [0.4, 0.5) is 0 Å². The molecule has 4 nitrogen and oxygen atoms in total. The Morgan fingerprint density at radius 1 is 1.29 bits per heavy atom. The molecule has 2 unspecified atom stereocenters. The highest BCUT2D eigenvalue weighted by Crippen LogP contribution is 2.34. The number of hydrogen-bond acceptors (Lipinski definition) is 4. The van der Waals surface area contributed by atoms with Crippen molar-refractivity contribution in [2.75, 3.05) is 14.1 Å². The van der Waals surface area contributed by atoms with Crippen LogP contribution in [0.1, 0.15) is 40.5 Å². The Hall–Kier alpha value is -0.610. The fraction of sp³-hybridized carbons (Fsp3) is 0.923. The van der Waals surface area contributed by atoms with Gasteiger partial charge in [0, 0.05) is 18.0 Å². The van der Waals surface area contributed by atoms with E-state index >= 15 is 0 Å². The van der Waals surface area contributed by atoms with Crippen LogP contribution in [0.3, 0.4) is 0 Å². The van der Waals surface area contributed by atoms with Gasteiger partial charge in [0.15, 0.2) is 0 Å². The summed E-state index contributed by atoms with van der Waals surface area (Å²) in [6.07, 6.45) is 1.69. The molecule has 1 fully saturated rings. The number of esters is 1. The van der Waals surface area contributed by atoms with Crippen molar-refractivity contribution < 1.29 is 9.53 Å². The first kappa shape index (κ1) is 14.5. The molecule has 0 aromatic carbocycles. The maximum atomic E-state index is 11.9. The van der Waals surface area contributed by atoms with Crippen LogP contribution in [0.15, 0.2) is 0 Å². The quantitative estimate of drug-likeness (QED) is 0.689. The minimum atomic E-state index is -0.426. The lowest BCUT2D eigenvalue weighted by Crippen LogP contribution is -2.45. The van der Waals surface area contributed by atoms with Crippen LogP contribution in [0.5, 0.6) is 0 Å². The molecule has 0 amide bonds. The number of carbonyl (C=O) groups is 1. The van der Waals surface area contributed by atoms with Gasteiger partial charge in [-0.15, -0.1) is 0 Å². The predicted molar refractivity (Wildman–Crippen MR) is 68.9 cm³/mol. The lowest BCUT2D eigenvalue weighted by atomic mass is 9.89. The highest BCUT2D eigenvalue weighted by Gasteiger charge is 2.45. The zero-order chi connectivity index (χ0) is 13.3. The molecule has 0 spiro atoms. The third kappa shape index (κ3) is 4.28. The number of ether oxygens (including phenoxy) is 1. The van der Waals surface area contributed by atoms with Gasteiger partial charge in [0.05, 0.1) is 5.92 Å². The zero-order valence-electron chi connectivity index (χ0n) is 11.9. The van der Waals surface area contributed by atoms with Crippen molar-refractivity contribution in [1.82, 2.24) is 10.6 Å². The van der Waals surface area contributed by atoms with E-state index in [0.29, 0.717) is 6.04 Å². The molecule has 0 saturated heterocycles. The van der Waals surface area contributed by atoms with Gasteiger partial charge in [-0.2, -0.15) is 0 Å². The van der Waals surface area contributed by atoms with E-state index in [0.717, 1.165) is 12.8 Å². The minimum absolute atomic E-state index is 0.0320. The van der Waals surface area contributed by atoms with E-state index in [1.807, 2.05) is 27.9 Å². The van der Waals surface area contributed by atoms with E-state index in [2.05, 4.69) is 24.5 Å². The average Bonchev–Trinajstić information content (AvgIpc) is 2.94. The van der Waals surface area contributed by atoms with Crippen LogP contribution in [0.2, 0.25) is 0 Å². The normalized spacial score (nSPS) is 24.6.